The van der Waals surface area contributed by atoms with Crippen LogP contribution in [0.5, 0.6) is 0 Å². The molecule has 5 heteroatoms. The second-order valence-electron chi connectivity index (χ2n) is 7.87. The predicted octanol–water partition coefficient (Wildman–Crippen LogP) is 2.73. The van der Waals surface area contributed by atoms with E-state index in [0.29, 0.717) is 13.2 Å². The number of hydrogen-bond acceptors (Lipinski definition) is 4. The van der Waals surface area contributed by atoms with Crippen LogP contribution in [0.1, 0.15) is 26.3 Å². The Morgan fingerprint density at radius 1 is 1.35 bits per heavy atom. The minimum atomic E-state index is -0.702. The lowest BCUT2D eigenvalue weighted by molar-refractivity contribution is -0.153. The Hall–Kier alpha value is -2.14. The van der Waals surface area contributed by atoms with Crippen molar-refractivity contribution in [1.29, 1.82) is 0 Å². The summed E-state index contributed by atoms with van der Waals surface area (Å²) in [4.78, 5) is 27.6. The highest BCUT2D eigenvalue weighted by Crippen LogP contribution is 2.52. The molecule has 4 atom stereocenters. The van der Waals surface area contributed by atoms with E-state index in [1.165, 1.54) is 5.56 Å². The van der Waals surface area contributed by atoms with E-state index in [9.17, 15) is 9.59 Å². The van der Waals surface area contributed by atoms with Crippen LogP contribution in [0.3, 0.4) is 0 Å². The largest absolute Gasteiger partial charge is 0.465 e. The summed E-state index contributed by atoms with van der Waals surface area (Å²) < 4.78 is 11.6. The molecule has 0 radical (unpaired) electrons. The maximum Gasteiger partial charge on any atom is 0.312 e. The van der Waals surface area contributed by atoms with Gasteiger partial charge in [0, 0.05) is 5.69 Å². The van der Waals surface area contributed by atoms with Crippen molar-refractivity contribution in [2.24, 2.45) is 17.8 Å². The Kier molecular flexibility index (Phi) is 4.14. The first-order valence-electron chi connectivity index (χ1n) is 9.39. The number of carbonyl (C=O) groups excluding carboxylic acids is 2. The lowest BCUT2D eigenvalue weighted by atomic mass is 9.77. The van der Waals surface area contributed by atoms with Gasteiger partial charge in [-0.2, -0.15) is 0 Å². The van der Waals surface area contributed by atoms with Crippen molar-refractivity contribution in [3.8, 4) is 0 Å². The molecule has 2 saturated heterocycles. The molecule has 3 aliphatic heterocycles. The maximum atomic E-state index is 13.2. The molecule has 1 spiro atoms. The highest BCUT2D eigenvalue weighted by atomic mass is 16.6. The van der Waals surface area contributed by atoms with Crippen molar-refractivity contribution in [2.75, 3.05) is 18.1 Å². The number of aryl methyl sites for hydroxylation is 1. The van der Waals surface area contributed by atoms with Crippen LogP contribution in [0.2, 0.25) is 0 Å². The van der Waals surface area contributed by atoms with E-state index in [1.807, 2.05) is 50.3 Å². The molecule has 3 aliphatic rings. The zero-order chi connectivity index (χ0) is 18.5. The zero-order valence-corrected chi connectivity index (χ0v) is 15.5. The molecule has 4 rings (SSSR count). The van der Waals surface area contributed by atoms with Crippen LogP contribution >= 0.6 is 0 Å². The summed E-state index contributed by atoms with van der Waals surface area (Å²) in [6, 6.07) is 8.02. The molecule has 0 saturated carbocycles. The quantitative estimate of drug-likeness (QED) is 0.602. The zero-order valence-electron chi connectivity index (χ0n) is 15.5. The van der Waals surface area contributed by atoms with Gasteiger partial charge in [-0.15, -0.1) is 0 Å². The Bertz CT molecular complexity index is 754. The number of fused-ring (bicyclic) bond motifs is 1. The molecule has 1 aromatic carbocycles. The summed E-state index contributed by atoms with van der Waals surface area (Å²) in [5.41, 5.74) is 1.38. The Labute approximate surface area is 154 Å². The molecule has 5 nitrogen and oxygen atoms in total. The standard InChI is InChI=1S/C21H25NO4/c1-4-14-5-7-15(8-6-14)22-12-21-10-9-16(26-21)17(18(21)19(22)23)20(24)25-11-13(2)3/h5-10,13,16-18H,4,11-12H2,1-3H3/t16-,17-,18-,21-/m1/s1. The summed E-state index contributed by atoms with van der Waals surface area (Å²) in [7, 11) is 0. The van der Waals surface area contributed by atoms with Gasteiger partial charge in [0.1, 0.15) is 11.5 Å². The fourth-order valence-electron chi connectivity index (χ4n) is 4.24. The third-order valence-corrected chi connectivity index (χ3v) is 5.59. The lowest BCUT2D eigenvalue weighted by Crippen LogP contribution is -2.40. The van der Waals surface area contributed by atoms with Crippen molar-refractivity contribution in [3.05, 3.63) is 42.0 Å². The van der Waals surface area contributed by atoms with Gasteiger partial charge in [-0.3, -0.25) is 9.59 Å². The molecular weight excluding hydrogens is 330 g/mol. The van der Waals surface area contributed by atoms with E-state index >= 15 is 0 Å². The minimum absolute atomic E-state index is 0.0485. The SMILES string of the molecule is CCc1ccc(N2C[C@@]34C=C[C@@H](O3)[C@@H](C(=O)OCC(C)C)[C@@H]4C2=O)cc1. The number of nitrogens with zero attached hydrogens (tertiary/aromatic N) is 1. The molecule has 0 unspecified atom stereocenters. The molecule has 0 aromatic heterocycles. The molecule has 2 fully saturated rings. The van der Waals surface area contributed by atoms with E-state index in [0.717, 1.165) is 12.1 Å². The van der Waals surface area contributed by atoms with E-state index in [-0.39, 0.29) is 23.9 Å². The molecule has 0 aliphatic carbocycles. The second-order valence-corrected chi connectivity index (χ2v) is 7.87. The van der Waals surface area contributed by atoms with E-state index in [2.05, 4.69) is 6.92 Å². The van der Waals surface area contributed by atoms with Gasteiger partial charge < -0.3 is 14.4 Å². The highest BCUT2D eigenvalue weighted by Gasteiger charge is 2.67. The third kappa shape index (κ3) is 2.57. The highest BCUT2D eigenvalue weighted by molar-refractivity contribution is 6.02. The fraction of sp³-hybridized carbons (Fsp3) is 0.524. The average molecular weight is 355 g/mol. The van der Waals surface area contributed by atoms with E-state index < -0.39 is 17.4 Å². The van der Waals surface area contributed by atoms with Gasteiger partial charge >= 0.3 is 5.97 Å². The first-order valence-corrected chi connectivity index (χ1v) is 9.39. The van der Waals surface area contributed by atoms with Gasteiger partial charge in [-0.25, -0.2) is 0 Å². The van der Waals surface area contributed by atoms with E-state index in [4.69, 9.17) is 9.47 Å². The molecule has 26 heavy (non-hydrogen) atoms. The lowest BCUT2D eigenvalue weighted by Gasteiger charge is -2.23. The van der Waals surface area contributed by atoms with Crippen LogP contribution in [-0.4, -0.2) is 36.7 Å². The number of benzene rings is 1. The Morgan fingerprint density at radius 2 is 2.08 bits per heavy atom. The van der Waals surface area contributed by atoms with E-state index in [1.54, 1.807) is 4.90 Å². The van der Waals surface area contributed by atoms with Crippen molar-refractivity contribution < 1.29 is 19.1 Å². The normalized spacial score (nSPS) is 31.8. The molecule has 1 amide bonds. The monoisotopic (exact) mass is 355 g/mol. The summed E-state index contributed by atoms with van der Waals surface area (Å²) in [5, 5.41) is 0. The smallest absolute Gasteiger partial charge is 0.312 e. The number of amides is 1. The molecule has 3 heterocycles. The number of ether oxygens (including phenoxy) is 2. The van der Waals surface area contributed by atoms with Crippen LogP contribution in [0.15, 0.2) is 36.4 Å². The van der Waals surface area contributed by atoms with Crippen molar-refractivity contribution in [3.63, 3.8) is 0 Å². The Balaban J connectivity index is 1.59. The van der Waals surface area contributed by atoms with Gasteiger partial charge in [0.05, 0.1) is 25.2 Å². The van der Waals surface area contributed by atoms with Gasteiger partial charge in [0.25, 0.3) is 0 Å². The number of carbonyl (C=O) groups is 2. The maximum absolute atomic E-state index is 13.2. The van der Waals surface area contributed by atoms with Crippen molar-refractivity contribution >= 4 is 17.6 Å². The van der Waals surface area contributed by atoms with Crippen molar-refractivity contribution in [1.82, 2.24) is 0 Å². The number of rotatable bonds is 5. The van der Waals surface area contributed by atoms with Gasteiger partial charge in [-0.05, 0) is 30.0 Å². The summed E-state index contributed by atoms with van der Waals surface area (Å²) in [5.74, 6) is -1.16. The van der Waals surface area contributed by atoms with Crippen LogP contribution in [0.4, 0.5) is 5.69 Å². The summed E-state index contributed by atoms with van der Waals surface area (Å²) in [6.07, 6.45) is 4.48. The van der Waals surface area contributed by atoms with Gasteiger partial charge in [0.2, 0.25) is 5.91 Å². The fourth-order valence-corrected chi connectivity index (χ4v) is 4.24. The van der Waals surface area contributed by atoms with Gasteiger partial charge in [-0.1, -0.05) is 45.1 Å². The van der Waals surface area contributed by atoms with Crippen LogP contribution in [-0.2, 0) is 25.5 Å². The van der Waals surface area contributed by atoms with Crippen LogP contribution < -0.4 is 4.90 Å². The Morgan fingerprint density at radius 3 is 2.73 bits per heavy atom. The molecule has 1 aromatic rings. The van der Waals surface area contributed by atoms with Gasteiger partial charge in [0.15, 0.2) is 0 Å². The molecule has 2 bridgehead atoms. The summed E-state index contributed by atoms with van der Waals surface area (Å²) >= 11 is 0. The summed E-state index contributed by atoms with van der Waals surface area (Å²) in [6.45, 7) is 6.90. The minimum Gasteiger partial charge on any atom is -0.465 e. The first-order chi connectivity index (χ1) is 12.4. The number of anilines is 1. The number of esters is 1. The predicted molar refractivity (Wildman–Crippen MR) is 97.7 cm³/mol. The van der Waals surface area contributed by atoms with Crippen LogP contribution in [0, 0.1) is 17.8 Å². The first kappa shape index (κ1) is 17.3. The third-order valence-electron chi connectivity index (χ3n) is 5.59. The average Bonchev–Trinajstić information content (AvgIpc) is 3.28. The molecule has 0 N–H and O–H groups in total. The van der Waals surface area contributed by atoms with Crippen LogP contribution in [0.25, 0.3) is 0 Å². The topological polar surface area (TPSA) is 55.8 Å². The molecular formula is C21H25NO4. The van der Waals surface area contributed by atoms with Crippen molar-refractivity contribution in [2.45, 2.75) is 38.9 Å². The molecule has 138 valence electrons. The second kappa shape index (κ2) is 6.23. The number of hydrogen-bond donors (Lipinski definition) is 0.